The maximum atomic E-state index is 10.4. The summed E-state index contributed by atoms with van der Waals surface area (Å²) in [5.74, 6) is 0. The summed E-state index contributed by atoms with van der Waals surface area (Å²) in [7, 11) is 0. The molecular formula is C12H17NO6. The third kappa shape index (κ3) is 2.62. The van der Waals surface area contributed by atoms with Gasteiger partial charge < -0.3 is 30.3 Å². The first-order valence-electron chi connectivity index (χ1n) is 5.92. The van der Waals surface area contributed by atoms with Crippen molar-refractivity contribution in [1.82, 2.24) is 4.98 Å². The second-order valence-corrected chi connectivity index (χ2v) is 4.63. The summed E-state index contributed by atoms with van der Waals surface area (Å²) in [5, 5.41) is 48.9. The van der Waals surface area contributed by atoms with Crippen LogP contribution in [0.25, 0.3) is 0 Å². The lowest BCUT2D eigenvalue weighted by Gasteiger charge is -2.46. The number of pyridine rings is 1. The van der Waals surface area contributed by atoms with E-state index in [0.717, 1.165) is 0 Å². The van der Waals surface area contributed by atoms with Crippen LogP contribution in [-0.4, -0.2) is 67.3 Å². The number of aromatic nitrogens is 1. The molecule has 0 aromatic carbocycles. The highest BCUT2D eigenvalue weighted by atomic mass is 16.6. The normalized spacial score (nSPS) is 39.2. The molecule has 5 atom stereocenters. The van der Waals surface area contributed by atoms with E-state index in [1.807, 2.05) is 0 Å². The van der Waals surface area contributed by atoms with Crippen molar-refractivity contribution in [1.29, 1.82) is 0 Å². The van der Waals surface area contributed by atoms with E-state index >= 15 is 0 Å². The van der Waals surface area contributed by atoms with Crippen molar-refractivity contribution < 1.29 is 30.3 Å². The number of hydrogen-bond donors (Lipinski definition) is 5. The lowest BCUT2D eigenvalue weighted by atomic mass is 9.80. The van der Waals surface area contributed by atoms with E-state index in [1.54, 1.807) is 18.2 Å². The van der Waals surface area contributed by atoms with Crippen molar-refractivity contribution in [3.63, 3.8) is 0 Å². The van der Waals surface area contributed by atoms with Crippen molar-refractivity contribution in [3.05, 3.63) is 30.1 Å². The van der Waals surface area contributed by atoms with Gasteiger partial charge in [-0.15, -0.1) is 0 Å². The predicted molar refractivity (Wildman–Crippen MR) is 62.9 cm³/mol. The standard InChI is InChI=1S/C12H17NO6/c14-6-8-9(15)12(18,10(16)11(17)19-8)5-7-3-1-2-4-13-7/h1-4,8-11,14-18H,5-6H2/t8-,9-,10+,11-,12+/m1/s1. The largest absolute Gasteiger partial charge is 0.394 e. The zero-order chi connectivity index (χ0) is 14.0. The molecule has 0 radical (unpaired) electrons. The molecule has 0 bridgehead atoms. The number of rotatable bonds is 3. The third-order valence-corrected chi connectivity index (χ3v) is 3.33. The van der Waals surface area contributed by atoms with Gasteiger partial charge in [0.15, 0.2) is 6.29 Å². The molecule has 1 aliphatic heterocycles. The summed E-state index contributed by atoms with van der Waals surface area (Å²) >= 11 is 0. The van der Waals surface area contributed by atoms with Crippen LogP contribution in [0.15, 0.2) is 24.4 Å². The van der Waals surface area contributed by atoms with Gasteiger partial charge in [0, 0.05) is 18.3 Å². The van der Waals surface area contributed by atoms with Gasteiger partial charge in [0.05, 0.1) is 6.61 Å². The van der Waals surface area contributed by atoms with E-state index in [1.165, 1.54) is 6.20 Å². The van der Waals surface area contributed by atoms with Gasteiger partial charge in [-0.1, -0.05) is 6.07 Å². The Morgan fingerprint density at radius 3 is 2.53 bits per heavy atom. The Bertz CT molecular complexity index is 416. The van der Waals surface area contributed by atoms with Crippen LogP contribution in [-0.2, 0) is 11.2 Å². The summed E-state index contributed by atoms with van der Waals surface area (Å²) < 4.78 is 4.82. The molecule has 1 aromatic rings. The van der Waals surface area contributed by atoms with E-state index in [2.05, 4.69) is 4.98 Å². The van der Waals surface area contributed by atoms with Gasteiger partial charge >= 0.3 is 0 Å². The zero-order valence-corrected chi connectivity index (χ0v) is 10.1. The summed E-state index contributed by atoms with van der Waals surface area (Å²) in [6.07, 6.45) is -4.77. The first-order valence-corrected chi connectivity index (χ1v) is 5.92. The summed E-state index contributed by atoms with van der Waals surface area (Å²) in [4.78, 5) is 4.00. The zero-order valence-electron chi connectivity index (χ0n) is 10.1. The minimum atomic E-state index is -2.04. The van der Waals surface area contributed by atoms with E-state index < -0.39 is 36.8 Å². The Balaban J connectivity index is 2.26. The predicted octanol–water partition coefficient (Wildman–Crippen LogP) is -2.21. The Morgan fingerprint density at radius 2 is 1.95 bits per heavy atom. The van der Waals surface area contributed by atoms with Gasteiger partial charge in [-0.3, -0.25) is 4.98 Å². The molecule has 7 nitrogen and oxygen atoms in total. The molecule has 2 rings (SSSR count). The fraction of sp³-hybridized carbons (Fsp3) is 0.583. The van der Waals surface area contributed by atoms with Gasteiger partial charge in [0.1, 0.15) is 23.9 Å². The summed E-state index contributed by atoms with van der Waals surface area (Å²) in [6, 6.07) is 5.01. The van der Waals surface area contributed by atoms with Crippen LogP contribution >= 0.6 is 0 Å². The molecule has 1 aromatic heterocycles. The van der Waals surface area contributed by atoms with Gasteiger partial charge in [0.2, 0.25) is 0 Å². The smallest absolute Gasteiger partial charge is 0.184 e. The van der Waals surface area contributed by atoms with Crippen molar-refractivity contribution in [2.75, 3.05) is 6.61 Å². The second kappa shape index (κ2) is 5.49. The molecule has 1 saturated heterocycles. The highest BCUT2D eigenvalue weighted by Gasteiger charge is 2.54. The molecule has 1 fully saturated rings. The van der Waals surface area contributed by atoms with Crippen LogP contribution in [0.2, 0.25) is 0 Å². The quantitative estimate of drug-likeness (QED) is 0.422. The Morgan fingerprint density at radius 1 is 1.21 bits per heavy atom. The molecule has 106 valence electrons. The average Bonchev–Trinajstić information content (AvgIpc) is 2.42. The van der Waals surface area contributed by atoms with E-state index in [-0.39, 0.29) is 6.42 Å². The Labute approximate surface area is 109 Å². The minimum Gasteiger partial charge on any atom is -0.394 e. The molecular weight excluding hydrogens is 254 g/mol. The lowest BCUT2D eigenvalue weighted by molar-refractivity contribution is -0.321. The van der Waals surface area contributed by atoms with Gasteiger partial charge in [-0.25, -0.2) is 0 Å². The van der Waals surface area contributed by atoms with E-state index in [4.69, 9.17) is 9.84 Å². The molecule has 0 unspecified atom stereocenters. The Kier molecular flexibility index (Phi) is 4.14. The van der Waals surface area contributed by atoms with Gasteiger partial charge in [-0.2, -0.15) is 0 Å². The number of aliphatic hydroxyl groups excluding tert-OH is 4. The lowest BCUT2D eigenvalue weighted by Crippen LogP contribution is -2.68. The highest BCUT2D eigenvalue weighted by molar-refractivity contribution is 5.12. The average molecular weight is 271 g/mol. The first kappa shape index (κ1) is 14.3. The third-order valence-electron chi connectivity index (χ3n) is 3.33. The molecule has 5 N–H and O–H groups in total. The molecule has 0 saturated carbocycles. The fourth-order valence-electron chi connectivity index (χ4n) is 2.22. The van der Waals surface area contributed by atoms with Crippen molar-refractivity contribution >= 4 is 0 Å². The number of ether oxygens (including phenoxy) is 1. The number of nitrogens with zero attached hydrogens (tertiary/aromatic N) is 1. The fourth-order valence-corrected chi connectivity index (χ4v) is 2.22. The van der Waals surface area contributed by atoms with Crippen LogP contribution in [0.5, 0.6) is 0 Å². The molecule has 19 heavy (non-hydrogen) atoms. The van der Waals surface area contributed by atoms with Crippen LogP contribution in [0.3, 0.4) is 0 Å². The Hall–Kier alpha value is -1.09. The minimum absolute atomic E-state index is 0.174. The molecule has 0 amide bonds. The molecule has 1 aliphatic rings. The van der Waals surface area contributed by atoms with Gasteiger partial charge in [-0.05, 0) is 12.1 Å². The second-order valence-electron chi connectivity index (χ2n) is 4.63. The molecule has 7 heteroatoms. The maximum absolute atomic E-state index is 10.4. The monoisotopic (exact) mass is 271 g/mol. The van der Waals surface area contributed by atoms with Crippen LogP contribution in [0.1, 0.15) is 5.69 Å². The number of hydrogen-bond acceptors (Lipinski definition) is 7. The van der Waals surface area contributed by atoms with Crippen molar-refractivity contribution in [2.24, 2.45) is 0 Å². The van der Waals surface area contributed by atoms with E-state index in [0.29, 0.717) is 5.69 Å². The SMILES string of the molecule is OC[C@H]1O[C@@H](O)[C@H](O)[C@](O)(Cc2ccccn2)[C@@H]1O. The van der Waals surface area contributed by atoms with Crippen LogP contribution in [0.4, 0.5) is 0 Å². The maximum Gasteiger partial charge on any atom is 0.184 e. The molecule has 0 aliphatic carbocycles. The van der Waals surface area contributed by atoms with Crippen LogP contribution < -0.4 is 0 Å². The summed E-state index contributed by atoms with van der Waals surface area (Å²) in [6.45, 7) is -0.588. The van der Waals surface area contributed by atoms with Crippen molar-refractivity contribution in [2.45, 2.75) is 36.6 Å². The van der Waals surface area contributed by atoms with E-state index in [9.17, 15) is 20.4 Å². The van der Waals surface area contributed by atoms with Gasteiger partial charge in [0.25, 0.3) is 0 Å². The topological polar surface area (TPSA) is 123 Å². The highest BCUT2D eigenvalue weighted by Crippen LogP contribution is 2.31. The molecule has 2 heterocycles. The van der Waals surface area contributed by atoms with Crippen molar-refractivity contribution in [3.8, 4) is 0 Å². The van der Waals surface area contributed by atoms with Crippen LogP contribution in [0, 0.1) is 0 Å². The summed E-state index contributed by atoms with van der Waals surface area (Å²) in [5.41, 5.74) is -1.60. The molecule has 0 spiro atoms. The number of aliphatic hydroxyl groups is 5. The first-order chi connectivity index (χ1) is 8.99.